The maximum atomic E-state index is 11.2. The van der Waals surface area contributed by atoms with E-state index in [1.807, 2.05) is 17.5 Å². The number of nitro benzene ring substituents is 1. The molecule has 0 amide bonds. The van der Waals surface area contributed by atoms with Crippen molar-refractivity contribution in [3.05, 3.63) is 56.2 Å². The van der Waals surface area contributed by atoms with E-state index >= 15 is 0 Å². The van der Waals surface area contributed by atoms with Gasteiger partial charge in [-0.3, -0.25) is 10.1 Å². The lowest BCUT2D eigenvalue weighted by molar-refractivity contribution is -0.385. The van der Waals surface area contributed by atoms with Gasteiger partial charge in [-0.25, -0.2) is 5.10 Å². The molecule has 1 N–H and O–H groups in total. The number of nitrogens with zero attached hydrogens (tertiary/aromatic N) is 4. The Kier molecular flexibility index (Phi) is 5.00. The molecule has 0 atom stereocenters. The molecule has 0 aliphatic heterocycles. The molecule has 0 radical (unpaired) electrons. The van der Waals surface area contributed by atoms with Gasteiger partial charge in [-0.1, -0.05) is 6.07 Å². The largest absolute Gasteiger partial charge is 0.487 e. The third-order valence-corrected chi connectivity index (χ3v) is 4.32. The number of thiophene rings is 1. The fourth-order valence-electron chi connectivity index (χ4n) is 2.12. The fourth-order valence-corrected chi connectivity index (χ4v) is 3.00. The van der Waals surface area contributed by atoms with Crippen molar-refractivity contribution in [3.8, 4) is 16.5 Å². The van der Waals surface area contributed by atoms with E-state index in [9.17, 15) is 10.1 Å². The number of rotatable bonds is 6. The molecular formula is C15H13N5O3S2. The average Bonchev–Trinajstić information content (AvgIpc) is 3.23. The van der Waals surface area contributed by atoms with E-state index in [0.717, 1.165) is 4.88 Å². The normalized spacial score (nSPS) is 11.1. The number of aromatic amines is 1. The number of benzene rings is 1. The molecule has 0 fully saturated rings. The summed E-state index contributed by atoms with van der Waals surface area (Å²) in [5, 5.41) is 24.3. The monoisotopic (exact) mass is 375 g/mol. The van der Waals surface area contributed by atoms with Crippen molar-refractivity contribution < 1.29 is 9.66 Å². The van der Waals surface area contributed by atoms with Crippen LogP contribution in [0, 0.1) is 14.9 Å². The highest BCUT2D eigenvalue weighted by Crippen LogP contribution is 2.27. The summed E-state index contributed by atoms with van der Waals surface area (Å²) < 4.78 is 7.08. The topological polar surface area (TPSA) is 98.3 Å². The van der Waals surface area contributed by atoms with Gasteiger partial charge in [-0.15, -0.1) is 11.3 Å². The maximum Gasteiger partial charge on any atom is 0.311 e. The molecule has 0 bridgehead atoms. The third-order valence-electron chi connectivity index (χ3n) is 3.19. The average molecular weight is 375 g/mol. The first-order valence-electron chi connectivity index (χ1n) is 7.27. The zero-order valence-electron chi connectivity index (χ0n) is 13.1. The van der Waals surface area contributed by atoms with E-state index in [0.29, 0.717) is 22.8 Å². The minimum atomic E-state index is -0.483. The predicted molar refractivity (Wildman–Crippen MR) is 98.0 cm³/mol. The van der Waals surface area contributed by atoms with Gasteiger partial charge in [0, 0.05) is 11.6 Å². The van der Waals surface area contributed by atoms with Crippen molar-refractivity contribution in [2.45, 2.75) is 6.92 Å². The summed E-state index contributed by atoms with van der Waals surface area (Å²) >= 11 is 6.70. The number of ether oxygens (including phenoxy) is 1. The van der Waals surface area contributed by atoms with Crippen molar-refractivity contribution >= 4 is 35.5 Å². The summed E-state index contributed by atoms with van der Waals surface area (Å²) in [4.78, 5) is 11.6. The van der Waals surface area contributed by atoms with Crippen molar-refractivity contribution in [1.82, 2.24) is 14.9 Å². The summed E-state index contributed by atoms with van der Waals surface area (Å²) in [7, 11) is 0. The lowest BCUT2D eigenvalue weighted by Crippen LogP contribution is -1.99. The summed E-state index contributed by atoms with van der Waals surface area (Å²) in [6, 6.07) is 8.46. The van der Waals surface area contributed by atoms with E-state index in [1.54, 1.807) is 19.1 Å². The molecule has 2 aromatic heterocycles. The number of aromatic nitrogens is 3. The number of nitro groups is 1. The molecular weight excluding hydrogens is 362 g/mol. The van der Waals surface area contributed by atoms with Crippen LogP contribution in [0.25, 0.3) is 10.7 Å². The molecule has 0 aliphatic rings. The van der Waals surface area contributed by atoms with Crippen molar-refractivity contribution in [2.24, 2.45) is 5.10 Å². The van der Waals surface area contributed by atoms with Crippen LogP contribution in [0.4, 0.5) is 5.69 Å². The predicted octanol–water partition coefficient (Wildman–Crippen LogP) is 3.86. The third kappa shape index (κ3) is 3.64. The second kappa shape index (κ2) is 7.36. The van der Waals surface area contributed by atoms with Crippen LogP contribution in [0.5, 0.6) is 5.75 Å². The first-order chi connectivity index (χ1) is 12.1. The van der Waals surface area contributed by atoms with Crippen LogP contribution in [0.15, 0.2) is 40.8 Å². The van der Waals surface area contributed by atoms with Gasteiger partial charge in [0.15, 0.2) is 11.6 Å². The second-order valence-electron chi connectivity index (χ2n) is 4.80. The Morgan fingerprint density at radius 2 is 2.36 bits per heavy atom. The van der Waals surface area contributed by atoms with Crippen LogP contribution in [-0.2, 0) is 0 Å². The van der Waals surface area contributed by atoms with Crippen LogP contribution in [-0.4, -0.2) is 32.6 Å². The van der Waals surface area contributed by atoms with E-state index in [1.165, 1.54) is 28.3 Å². The molecule has 128 valence electrons. The van der Waals surface area contributed by atoms with Gasteiger partial charge >= 0.3 is 5.69 Å². The second-order valence-corrected chi connectivity index (χ2v) is 6.14. The van der Waals surface area contributed by atoms with Gasteiger partial charge in [0.1, 0.15) is 0 Å². The van der Waals surface area contributed by atoms with Crippen molar-refractivity contribution in [3.63, 3.8) is 0 Å². The number of hydrogen-bond acceptors (Lipinski definition) is 7. The quantitative estimate of drug-likeness (QED) is 0.305. The minimum absolute atomic E-state index is 0.111. The van der Waals surface area contributed by atoms with Gasteiger partial charge in [0.25, 0.3) is 0 Å². The number of H-pyrrole nitrogens is 1. The number of hydrogen-bond donors (Lipinski definition) is 1. The highest BCUT2D eigenvalue weighted by Gasteiger charge is 2.15. The van der Waals surface area contributed by atoms with Crippen LogP contribution in [0.3, 0.4) is 0 Å². The molecule has 0 aliphatic carbocycles. The van der Waals surface area contributed by atoms with Gasteiger partial charge in [0.2, 0.25) is 4.77 Å². The molecule has 0 saturated heterocycles. The van der Waals surface area contributed by atoms with Crippen LogP contribution in [0.2, 0.25) is 0 Å². The Bertz CT molecular complexity index is 975. The first kappa shape index (κ1) is 17.0. The lowest BCUT2D eigenvalue weighted by atomic mass is 10.2. The molecule has 3 aromatic rings. The molecule has 0 spiro atoms. The Balaban J connectivity index is 1.96. The molecule has 2 heterocycles. The SMILES string of the molecule is CCOc1ccc(/C=N\n2c(-c3cccs3)n[nH]c2=S)cc1[N+](=O)[O-]. The number of nitrogens with one attached hydrogen (secondary N) is 1. The molecule has 3 rings (SSSR count). The first-order valence-corrected chi connectivity index (χ1v) is 8.56. The van der Waals surface area contributed by atoms with Gasteiger partial charge < -0.3 is 4.74 Å². The summed E-state index contributed by atoms with van der Waals surface area (Å²) in [6.45, 7) is 2.12. The maximum absolute atomic E-state index is 11.2. The minimum Gasteiger partial charge on any atom is -0.487 e. The van der Waals surface area contributed by atoms with Crippen LogP contribution in [0.1, 0.15) is 12.5 Å². The standard InChI is InChI=1S/C15H13N5O3S2/c1-2-23-12-6-5-10(8-11(12)20(21)22)9-16-19-14(17-18-15(19)24)13-4-3-7-25-13/h3-9H,2H2,1H3,(H,18,24)/b16-9-. The summed E-state index contributed by atoms with van der Waals surface area (Å²) in [6.07, 6.45) is 1.49. The van der Waals surface area contributed by atoms with Crippen molar-refractivity contribution in [1.29, 1.82) is 0 Å². The van der Waals surface area contributed by atoms with E-state index in [2.05, 4.69) is 15.3 Å². The van der Waals surface area contributed by atoms with E-state index in [-0.39, 0.29) is 11.4 Å². The van der Waals surface area contributed by atoms with Gasteiger partial charge in [-0.2, -0.15) is 14.9 Å². The Morgan fingerprint density at radius 1 is 1.52 bits per heavy atom. The molecule has 8 nitrogen and oxygen atoms in total. The highest BCUT2D eigenvalue weighted by atomic mass is 32.1. The zero-order valence-corrected chi connectivity index (χ0v) is 14.7. The van der Waals surface area contributed by atoms with E-state index in [4.69, 9.17) is 17.0 Å². The Hall–Kier alpha value is -2.85. The fraction of sp³-hybridized carbons (Fsp3) is 0.133. The molecule has 10 heteroatoms. The smallest absolute Gasteiger partial charge is 0.311 e. The Labute approximate surface area is 151 Å². The van der Waals surface area contributed by atoms with E-state index < -0.39 is 4.92 Å². The summed E-state index contributed by atoms with van der Waals surface area (Å²) in [5.74, 6) is 0.806. The lowest BCUT2D eigenvalue weighted by Gasteiger charge is -2.04. The summed E-state index contributed by atoms with van der Waals surface area (Å²) in [5.41, 5.74) is 0.440. The highest BCUT2D eigenvalue weighted by molar-refractivity contribution is 7.71. The van der Waals surface area contributed by atoms with Crippen LogP contribution >= 0.6 is 23.6 Å². The molecule has 1 aromatic carbocycles. The zero-order chi connectivity index (χ0) is 17.8. The Morgan fingerprint density at radius 3 is 3.04 bits per heavy atom. The molecule has 25 heavy (non-hydrogen) atoms. The van der Waals surface area contributed by atoms with Crippen molar-refractivity contribution in [2.75, 3.05) is 6.61 Å². The van der Waals surface area contributed by atoms with Gasteiger partial charge in [0.05, 0.1) is 22.6 Å². The molecule has 0 saturated carbocycles. The van der Waals surface area contributed by atoms with Crippen LogP contribution < -0.4 is 4.74 Å². The molecule has 0 unspecified atom stereocenters. The van der Waals surface area contributed by atoms with Gasteiger partial charge in [-0.05, 0) is 42.7 Å².